The first-order valence-electron chi connectivity index (χ1n) is 11.9. The van der Waals surface area contributed by atoms with E-state index < -0.39 is 0 Å². The number of piperidine rings is 1. The summed E-state index contributed by atoms with van der Waals surface area (Å²) in [5.74, 6) is -0.101. The molecule has 0 unspecified atom stereocenters. The van der Waals surface area contributed by atoms with Crippen molar-refractivity contribution in [2.24, 2.45) is 0 Å². The van der Waals surface area contributed by atoms with Crippen LogP contribution in [0.15, 0.2) is 54.6 Å². The number of benzene rings is 2. The van der Waals surface area contributed by atoms with Gasteiger partial charge in [0.2, 0.25) is 5.91 Å². The van der Waals surface area contributed by atoms with Gasteiger partial charge in [0.25, 0.3) is 5.91 Å². The predicted molar refractivity (Wildman–Crippen MR) is 133 cm³/mol. The third-order valence-electron chi connectivity index (χ3n) is 6.37. The quantitative estimate of drug-likeness (QED) is 0.546. The number of anilines is 1. The van der Waals surface area contributed by atoms with Crippen LogP contribution in [0, 0.1) is 0 Å². The molecule has 0 aliphatic carbocycles. The smallest absolute Gasteiger partial charge is 0.252 e. The van der Waals surface area contributed by atoms with Crippen LogP contribution in [0.5, 0.6) is 0 Å². The topological polar surface area (TPSA) is 74.3 Å². The van der Waals surface area contributed by atoms with E-state index in [9.17, 15) is 9.59 Å². The highest BCUT2D eigenvalue weighted by molar-refractivity contribution is 6.07. The van der Waals surface area contributed by atoms with Crippen LogP contribution in [0.1, 0.15) is 49.9 Å². The lowest BCUT2D eigenvalue weighted by Crippen LogP contribution is -2.42. The Morgan fingerprint density at radius 2 is 1.88 bits per heavy atom. The number of fused-ring (bicyclic) bond motifs is 1. The molecule has 6 heteroatoms. The Bertz CT molecular complexity index is 1130. The number of nitrogens with one attached hydrogen (secondary N) is 2. The van der Waals surface area contributed by atoms with E-state index in [0.29, 0.717) is 24.6 Å². The van der Waals surface area contributed by atoms with E-state index in [1.165, 1.54) is 19.3 Å². The first kappa shape index (κ1) is 22.9. The van der Waals surface area contributed by atoms with Crippen molar-refractivity contribution in [3.8, 4) is 11.3 Å². The van der Waals surface area contributed by atoms with Gasteiger partial charge in [-0.2, -0.15) is 0 Å². The van der Waals surface area contributed by atoms with Gasteiger partial charge in [-0.1, -0.05) is 43.7 Å². The van der Waals surface area contributed by atoms with Gasteiger partial charge in [0.05, 0.1) is 16.8 Å². The zero-order valence-corrected chi connectivity index (χ0v) is 19.4. The van der Waals surface area contributed by atoms with Crippen molar-refractivity contribution in [3.05, 3.63) is 60.2 Å². The van der Waals surface area contributed by atoms with Gasteiger partial charge < -0.3 is 10.6 Å². The number of aromatic nitrogens is 1. The monoisotopic (exact) mass is 444 g/mol. The van der Waals surface area contributed by atoms with Crippen LogP contribution < -0.4 is 10.6 Å². The largest absolute Gasteiger partial charge is 0.351 e. The van der Waals surface area contributed by atoms with Crippen molar-refractivity contribution >= 4 is 28.4 Å². The molecule has 2 aromatic carbocycles. The highest BCUT2D eigenvalue weighted by atomic mass is 16.2. The minimum absolute atomic E-state index is 0.0236. The van der Waals surface area contributed by atoms with Gasteiger partial charge in [-0.05, 0) is 50.6 Å². The van der Waals surface area contributed by atoms with Crippen molar-refractivity contribution in [2.75, 3.05) is 25.0 Å². The first-order valence-corrected chi connectivity index (χ1v) is 11.9. The van der Waals surface area contributed by atoms with E-state index >= 15 is 0 Å². The summed E-state index contributed by atoms with van der Waals surface area (Å²) in [6.07, 6.45) is 4.19. The molecule has 33 heavy (non-hydrogen) atoms. The maximum atomic E-state index is 13.2. The van der Waals surface area contributed by atoms with E-state index in [1.54, 1.807) is 0 Å². The van der Waals surface area contributed by atoms with Gasteiger partial charge in [0.1, 0.15) is 0 Å². The Morgan fingerprint density at radius 1 is 1.09 bits per heavy atom. The zero-order chi connectivity index (χ0) is 23.2. The number of pyridine rings is 1. The lowest BCUT2D eigenvalue weighted by Gasteiger charge is -2.33. The minimum Gasteiger partial charge on any atom is -0.351 e. The van der Waals surface area contributed by atoms with Crippen molar-refractivity contribution in [1.29, 1.82) is 0 Å². The number of likely N-dealkylation sites (tertiary alicyclic amines) is 1. The zero-order valence-electron chi connectivity index (χ0n) is 19.4. The van der Waals surface area contributed by atoms with Crippen LogP contribution in [0.4, 0.5) is 5.69 Å². The van der Waals surface area contributed by atoms with Crippen LogP contribution in [0.25, 0.3) is 22.2 Å². The van der Waals surface area contributed by atoms with E-state index in [-0.39, 0.29) is 11.8 Å². The third-order valence-corrected chi connectivity index (χ3v) is 6.37. The fourth-order valence-electron chi connectivity index (χ4n) is 4.38. The fourth-order valence-corrected chi connectivity index (χ4v) is 4.38. The highest BCUT2D eigenvalue weighted by Crippen LogP contribution is 2.26. The van der Waals surface area contributed by atoms with E-state index in [0.717, 1.165) is 40.9 Å². The van der Waals surface area contributed by atoms with Crippen LogP contribution in [-0.2, 0) is 4.79 Å². The molecule has 1 aromatic heterocycles. The lowest BCUT2D eigenvalue weighted by molar-refractivity contribution is -0.115. The highest BCUT2D eigenvalue weighted by Gasteiger charge is 2.18. The second-order valence-corrected chi connectivity index (χ2v) is 8.69. The van der Waals surface area contributed by atoms with Gasteiger partial charge in [-0.3, -0.25) is 14.5 Å². The summed E-state index contributed by atoms with van der Waals surface area (Å²) in [4.78, 5) is 32.0. The summed E-state index contributed by atoms with van der Waals surface area (Å²) in [5, 5.41) is 6.82. The summed E-state index contributed by atoms with van der Waals surface area (Å²) in [5.41, 5.74) is 3.79. The van der Waals surface area contributed by atoms with Gasteiger partial charge in [-0.25, -0.2) is 4.98 Å². The Balaban J connectivity index is 1.54. The SMILES string of the molecule is CCC(=O)Nc1ccc(-c2cc(C(=O)NCCN3CCCC[C@@H]3C)c3ccccc3n2)cc1. The third kappa shape index (κ3) is 5.57. The van der Waals surface area contributed by atoms with Crippen LogP contribution in [0.3, 0.4) is 0 Å². The average Bonchev–Trinajstić information content (AvgIpc) is 2.84. The van der Waals surface area contributed by atoms with Crippen molar-refractivity contribution < 1.29 is 9.59 Å². The summed E-state index contributed by atoms with van der Waals surface area (Å²) < 4.78 is 0. The molecule has 2 N–H and O–H groups in total. The minimum atomic E-state index is -0.0775. The second kappa shape index (κ2) is 10.6. The molecule has 2 heterocycles. The Labute approximate surface area is 195 Å². The fraction of sp³-hybridized carbons (Fsp3) is 0.370. The molecule has 0 spiro atoms. The average molecular weight is 445 g/mol. The number of para-hydroxylation sites is 1. The van der Waals surface area contributed by atoms with Crippen molar-refractivity contribution in [1.82, 2.24) is 15.2 Å². The molecule has 1 saturated heterocycles. The molecule has 0 radical (unpaired) electrons. The number of nitrogens with zero attached hydrogens (tertiary/aromatic N) is 2. The van der Waals surface area contributed by atoms with Gasteiger partial charge >= 0.3 is 0 Å². The Morgan fingerprint density at radius 3 is 2.64 bits per heavy atom. The standard InChI is InChI=1S/C27H32N4O2/c1-3-26(32)29-21-13-11-20(12-14-21)25-18-23(22-9-4-5-10-24(22)30-25)27(33)28-15-17-31-16-7-6-8-19(31)2/h4-5,9-14,18-19H,3,6-8,15-17H2,1-2H3,(H,28,33)(H,29,32)/t19-/m0/s1. The molecule has 1 aliphatic heterocycles. The first-order chi connectivity index (χ1) is 16.0. The van der Waals surface area contributed by atoms with E-state index in [1.807, 2.05) is 61.5 Å². The maximum absolute atomic E-state index is 13.2. The molecular weight excluding hydrogens is 412 g/mol. The van der Waals surface area contributed by atoms with Gasteiger partial charge in [0, 0.05) is 42.2 Å². The molecule has 1 fully saturated rings. The number of hydrogen-bond donors (Lipinski definition) is 2. The van der Waals surface area contributed by atoms with E-state index in [2.05, 4.69) is 22.5 Å². The molecule has 2 amide bonds. The molecule has 0 bridgehead atoms. The van der Waals surface area contributed by atoms with Crippen LogP contribution in [0.2, 0.25) is 0 Å². The number of carbonyl (C=O) groups is 2. The Kier molecular flexibility index (Phi) is 7.35. The lowest BCUT2D eigenvalue weighted by atomic mass is 10.0. The van der Waals surface area contributed by atoms with Crippen LogP contribution in [-0.4, -0.2) is 47.4 Å². The van der Waals surface area contributed by atoms with Crippen LogP contribution >= 0.6 is 0 Å². The van der Waals surface area contributed by atoms with Crippen molar-refractivity contribution in [3.63, 3.8) is 0 Å². The Hall–Kier alpha value is -3.25. The predicted octanol–water partition coefficient (Wildman–Crippen LogP) is 4.85. The second-order valence-electron chi connectivity index (χ2n) is 8.69. The number of rotatable bonds is 7. The summed E-state index contributed by atoms with van der Waals surface area (Å²) in [7, 11) is 0. The molecule has 1 aliphatic rings. The van der Waals surface area contributed by atoms with Gasteiger partial charge in [-0.15, -0.1) is 0 Å². The number of carbonyl (C=O) groups excluding carboxylic acids is 2. The molecule has 3 aromatic rings. The maximum Gasteiger partial charge on any atom is 0.252 e. The molecule has 172 valence electrons. The summed E-state index contributed by atoms with van der Waals surface area (Å²) in [6, 6.07) is 17.7. The molecule has 6 nitrogen and oxygen atoms in total. The molecule has 4 rings (SSSR count). The van der Waals surface area contributed by atoms with E-state index in [4.69, 9.17) is 4.98 Å². The number of hydrogen-bond acceptors (Lipinski definition) is 4. The summed E-state index contributed by atoms with van der Waals surface area (Å²) in [6.45, 7) is 6.69. The van der Waals surface area contributed by atoms with Gasteiger partial charge in [0.15, 0.2) is 0 Å². The molecule has 1 atom stereocenters. The molecule has 0 saturated carbocycles. The number of amides is 2. The normalized spacial score (nSPS) is 16.5. The molecular formula is C27H32N4O2. The van der Waals surface area contributed by atoms with Crippen molar-refractivity contribution in [2.45, 2.75) is 45.6 Å². The summed E-state index contributed by atoms with van der Waals surface area (Å²) >= 11 is 0.